The van der Waals surface area contributed by atoms with Crippen LogP contribution in [-0.2, 0) is 32.6 Å². The molecule has 4 aromatic carbocycles. The second-order valence-electron chi connectivity index (χ2n) is 10.8. The predicted octanol–water partition coefficient (Wildman–Crippen LogP) is 7.32. The van der Waals surface area contributed by atoms with Crippen LogP contribution in [-0.4, -0.2) is 43.8 Å². The first-order valence-corrected chi connectivity index (χ1v) is 16.9. The van der Waals surface area contributed by atoms with Gasteiger partial charge in [-0.2, -0.15) is 0 Å². The van der Waals surface area contributed by atoms with Crippen molar-refractivity contribution in [2.75, 3.05) is 10.8 Å². The molecule has 0 fully saturated rings. The Bertz CT molecular complexity index is 1730. The second kappa shape index (κ2) is 15.1. The van der Waals surface area contributed by atoms with Crippen molar-refractivity contribution >= 4 is 62.3 Å². The van der Waals surface area contributed by atoms with Gasteiger partial charge >= 0.3 is 0 Å². The molecule has 4 aromatic rings. The molecule has 2 amide bonds. The molecule has 0 aromatic heterocycles. The third kappa shape index (κ3) is 8.38. The normalized spacial score (nSPS) is 12.1. The zero-order valence-electron chi connectivity index (χ0n) is 25.1. The van der Waals surface area contributed by atoms with Crippen LogP contribution in [0.25, 0.3) is 0 Å². The maximum atomic E-state index is 14.6. The lowest BCUT2D eigenvalue weighted by Crippen LogP contribution is -2.54. The summed E-state index contributed by atoms with van der Waals surface area (Å²) < 4.78 is 29.3. The standard InChI is InChI=1S/C34H34Cl3N3O4S/c1-23(2)38-34(42)32(20-25-12-6-4-7-13-25)39(21-27-29(36)17-10-18-30(27)37)33(41)22-40(31-19-11-16-28(35)24(31)3)45(43,44)26-14-8-5-9-15-26/h4-19,23,32H,20-22H2,1-3H3,(H,38,42)/t32-/m1/s1. The minimum absolute atomic E-state index is 0.00346. The summed E-state index contributed by atoms with van der Waals surface area (Å²) in [6, 6.07) is 25.7. The lowest BCUT2D eigenvalue weighted by Gasteiger charge is -2.35. The summed E-state index contributed by atoms with van der Waals surface area (Å²) >= 11 is 19.5. The third-order valence-electron chi connectivity index (χ3n) is 7.21. The van der Waals surface area contributed by atoms with E-state index in [0.29, 0.717) is 26.2 Å². The number of anilines is 1. The molecule has 11 heteroatoms. The van der Waals surface area contributed by atoms with Crippen LogP contribution in [0.2, 0.25) is 15.1 Å². The van der Waals surface area contributed by atoms with Crippen molar-refractivity contribution in [3.05, 3.63) is 129 Å². The van der Waals surface area contributed by atoms with Crippen molar-refractivity contribution < 1.29 is 18.0 Å². The number of amides is 2. The van der Waals surface area contributed by atoms with Gasteiger partial charge in [-0.3, -0.25) is 13.9 Å². The van der Waals surface area contributed by atoms with Crippen LogP contribution >= 0.6 is 34.8 Å². The molecule has 0 saturated heterocycles. The van der Waals surface area contributed by atoms with E-state index >= 15 is 0 Å². The quantitative estimate of drug-likeness (QED) is 0.169. The molecular weight excluding hydrogens is 653 g/mol. The highest BCUT2D eigenvalue weighted by Crippen LogP contribution is 2.32. The fraction of sp³-hybridized carbons (Fsp3) is 0.235. The van der Waals surface area contributed by atoms with E-state index in [9.17, 15) is 18.0 Å². The Balaban J connectivity index is 1.86. The first-order chi connectivity index (χ1) is 21.4. The summed E-state index contributed by atoms with van der Waals surface area (Å²) in [5.41, 5.74) is 1.96. The Labute approximate surface area is 279 Å². The molecule has 0 spiro atoms. The van der Waals surface area contributed by atoms with Crippen LogP contribution in [0.15, 0.2) is 102 Å². The Morgan fingerprint density at radius 3 is 1.93 bits per heavy atom. The Hall–Kier alpha value is -3.56. The summed E-state index contributed by atoms with van der Waals surface area (Å²) in [5.74, 6) is -1.04. The van der Waals surface area contributed by atoms with E-state index in [4.69, 9.17) is 34.8 Å². The first-order valence-electron chi connectivity index (χ1n) is 14.3. The number of sulfonamides is 1. The predicted molar refractivity (Wildman–Crippen MR) is 181 cm³/mol. The van der Waals surface area contributed by atoms with E-state index in [0.717, 1.165) is 9.87 Å². The number of hydrogen-bond acceptors (Lipinski definition) is 4. The number of rotatable bonds is 12. The van der Waals surface area contributed by atoms with Crippen molar-refractivity contribution in [1.82, 2.24) is 10.2 Å². The molecule has 0 unspecified atom stereocenters. The van der Waals surface area contributed by atoms with Gasteiger partial charge in [0.05, 0.1) is 10.6 Å². The Morgan fingerprint density at radius 2 is 1.33 bits per heavy atom. The molecule has 1 atom stereocenters. The van der Waals surface area contributed by atoms with E-state index in [1.807, 2.05) is 44.2 Å². The molecule has 0 heterocycles. The minimum Gasteiger partial charge on any atom is -0.352 e. The molecule has 0 aliphatic carbocycles. The van der Waals surface area contributed by atoms with Gasteiger partial charge in [0.25, 0.3) is 10.0 Å². The van der Waals surface area contributed by atoms with Crippen LogP contribution < -0.4 is 9.62 Å². The summed E-state index contributed by atoms with van der Waals surface area (Å²) in [6.07, 6.45) is 0.162. The van der Waals surface area contributed by atoms with Crippen molar-refractivity contribution in [2.24, 2.45) is 0 Å². The number of carbonyl (C=O) groups excluding carboxylic acids is 2. The van der Waals surface area contributed by atoms with Crippen LogP contribution in [0.4, 0.5) is 5.69 Å². The van der Waals surface area contributed by atoms with E-state index in [1.54, 1.807) is 61.5 Å². The van der Waals surface area contributed by atoms with E-state index in [2.05, 4.69) is 5.32 Å². The van der Waals surface area contributed by atoms with Gasteiger partial charge < -0.3 is 10.2 Å². The van der Waals surface area contributed by atoms with Crippen LogP contribution in [0.5, 0.6) is 0 Å². The molecule has 0 aliphatic heterocycles. The van der Waals surface area contributed by atoms with Gasteiger partial charge in [0, 0.05) is 39.6 Å². The molecular formula is C34H34Cl3N3O4S. The van der Waals surface area contributed by atoms with Gasteiger partial charge in [-0.1, -0.05) is 95.5 Å². The monoisotopic (exact) mass is 685 g/mol. The Morgan fingerprint density at radius 1 is 0.778 bits per heavy atom. The molecule has 236 valence electrons. The van der Waals surface area contributed by atoms with Gasteiger partial charge in [-0.05, 0) is 68.3 Å². The van der Waals surface area contributed by atoms with E-state index < -0.39 is 34.4 Å². The SMILES string of the molecule is Cc1c(Cl)cccc1N(CC(=O)N(Cc1c(Cl)cccc1Cl)[C@H](Cc1ccccc1)C(=O)NC(C)C)S(=O)(=O)c1ccccc1. The fourth-order valence-electron chi connectivity index (χ4n) is 4.89. The van der Waals surface area contributed by atoms with Gasteiger partial charge in [0.2, 0.25) is 11.8 Å². The number of benzene rings is 4. The number of nitrogens with one attached hydrogen (secondary N) is 1. The molecule has 1 N–H and O–H groups in total. The van der Waals surface area contributed by atoms with Gasteiger partial charge in [-0.25, -0.2) is 8.42 Å². The molecule has 0 bridgehead atoms. The van der Waals surface area contributed by atoms with Gasteiger partial charge in [0.1, 0.15) is 12.6 Å². The molecule has 0 radical (unpaired) electrons. The highest BCUT2D eigenvalue weighted by molar-refractivity contribution is 7.92. The van der Waals surface area contributed by atoms with Crippen LogP contribution in [0.1, 0.15) is 30.5 Å². The topological polar surface area (TPSA) is 86.8 Å². The van der Waals surface area contributed by atoms with Crippen molar-refractivity contribution in [3.8, 4) is 0 Å². The van der Waals surface area contributed by atoms with Crippen molar-refractivity contribution in [3.63, 3.8) is 0 Å². The average Bonchev–Trinajstić information content (AvgIpc) is 3.01. The number of hydrogen-bond donors (Lipinski definition) is 1. The summed E-state index contributed by atoms with van der Waals surface area (Å²) in [7, 11) is -4.26. The molecule has 0 aliphatic rings. The third-order valence-corrected chi connectivity index (χ3v) is 10.1. The summed E-state index contributed by atoms with van der Waals surface area (Å²) in [5, 5.41) is 3.88. The highest BCUT2D eigenvalue weighted by Gasteiger charge is 2.36. The molecule has 45 heavy (non-hydrogen) atoms. The van der Waals surface area contributed by atoms with Crippen molar-refractivity contribution in [2.45, 2.75) is 50.7 Å². The Kier molecular flexibility index (Phi) is 11.6. The average molecular weight is 687 g/mol. The molecule has 0 saturated carbocycles. The first kappa shape index (κ1) is 34.3. The highest BCUT2D eigenvalue weighted by atomic mass is 35.5. The lowest BCUT2D eigenvalue weighted by atomic mass is 10.0. The maximum Gasteiger partial charge on any atom is 0.264 e. The van der Waals surface area contributed by atoms with Gasteiger partial charge in [-0.15, -0.1) is 0 Å². The van der Waals surface area contributed by atoms with Crippen LogP contribution in [0, 0.1) is 6.92 Å². The zero-order valence-corrected chi connectivity index (χ0v) is 28.2. The zero-order chi connectivity index (χ0) is 32.7. The van der Waals surface area contributed by atoms with Crippen molar-refractivity contribution in [1.29, 1.82) is 0 Å². The molecule has 7 nitrogen and oxygen atoms in total. The van der Waals surface area contributed by atoms with E-state index in [1.165, 1.54) is 17.0 Å². The fourth-order valence-corrected chi connectivity index (χ4v) is 7.07. The number of nitrogens with zero attached hydrogens (tertiary/aromatic N) is 2. The molecule has 4 rings (SSSR count). The summed E-state index contributed by atoms with van der Waals surface area (Å²) in [6.45, 7) is 4.56. The van der Waals surface area contributed by atoms with Crippen LogP contribution in [0.3, 0.4) is 0 Å². The second-order valence-corrected chi connectivity index (χ2v) is 13.9. The largest absolute Gasteiger partial charge is 0.352 e. The van der Waals surface area contributed by atoms with Gasteiger partial charge in [0.15, 0.2) is 0 Å². The smallest absolute Gasteiger partial charge is 0.264 e. The number of carbonyl (C=O) groups is 2. The maximum absolute atomic E-state index is 14.6. The summed E-state index contributed by atoms with van der Waals surface area (Å²) in [4.78, 5) is 29.7. The number of halogens is 3. The van der Waals surface area contributed by atoms with E-state index in [-0.39, 0.29) is 29.6 Å². The lowest BCUT2D eigenvalue weighted by molar-refractivity contribution is -0.140. The minimum atomic E-state index is -4.26.